The number of carbonyl (C=O) groups excluding carboxylic acids is 2. The summed E-state index contributed by atoms with van der Waals surface area (Å²) in [7, 11) is 0. The molecular formula is C40H72N2O4. The minimum atomic E-state index is -1.84. The zero-order chi connectivity index (χ0) is 33.6. The smallest absolute Gasteiger partial charge is 0.183 e. The molecule has 266 valence electrons. The van der Waals surface area contributed by atoms with Crippen LogP contribution in [0, 0.1) is 0 Å². The third-order valence-electron chi connectivity index (χ3n) is 9.59. The lowest BCUT2D eigenvalue weighted by atomic mass is 9.79. The van der Waals surface area contributed by atoms with Crippen molar-refractivity contribution < 1.29 is 19.8 Å². The van der Waals surface area contributed by atoms with Gasteiger partial charge in [-0.25, -0.2) is 0 Å². The Hall–Kier alpha value is -1.79. The maximum atomic E-state index is 13.8. The van der Waals surface area contributed by atoms with E-state index in [4.69, 9.17) is 0 Å². The van der Waals surface area contributed by atoms with Crippen LogP contribution >= 0.6 is 0 Å². The number of nitrogens with zero attached hydrogens (tertiary/aromatic N) is 1. The first-order valence-electron chi connectivity index (χ1n) is 19.6. The second kappa shape index (κ2) is 29.4. The lowest BCUT2D eigenvalue weighted by Crippen LogP contribution is -2.62. The molecule has 6 heteroatoms. The Balaban J connectivity index is 2.50. The standard InChI is InChI=1S/C40H72N2O4/c1-3-5-7-9-11-13-15-17-19-21-23-25-27-29-37(44)40(39(46)35-43,42-36-31-33-41-34-32-36)38(45)30-28-26-24-22-20-18-16-14-12-10-8-6-4-2/h31-34,39,43,46H,3-30,35H2,1-2H3,(H,41,42). The van der Waals surface area contributed by atoms with Gasteiger partial charge in [-0.15, -0.1) is 0 Å². The fourth-order valence-corrected chi connectivity index (χ4v) is 6.55. The molecule has 0 spiro atoms. The Morgan fingerprint density at radius 1 is 0.587 bits per heavy atom. The van der Waals surface area contributed by atoms with Crippen molar-refractivity contribution in [1.82, 2.24) is 4.98 Å². The van der Waals surface area contributed by atoms with Gasteiger partial charge in [0.1, 0.15) is 6.10 Å². The highest BCUT2D eigenvalue weighted by Gasteiger charge is 2.50. The topological polar surface area (TPSA) is 99.5 Å². The summed E-state index contributed by atoms with van der Waals surface area (Å²) in [5, 5.41) is 24.1. The van der Waals surface area contributed by atoms with Gasteiger partial charge in [-0.2, -0.15) is 0 Å². The number of unbranched alkanes of at least 4 members (excludes halogenated alkanes) is 24. The van der Waals surface area contributed by atoms with Gasteiger partial charge in [0.15, 0.2) is 17.1 Å². The predicted molar refractivity (Wildman–Crippen MR) is 194 cm³/mol. The van der Waals surface area contributed by atoms with Crippen molar-refractivity contribution in [3.8, 4) is 0 Å². The Morgan fingerprint density at radius 2 is 0.891 bits per heavy atom. The number of aliphatic hydroxyl groups excluding tert-OH is 2. The van der Waals surface area contributed by atoms with Crippen LogP contribution in [0.4, 0.5) is 5.69 Å². The fraction of sp³-hybridized carbons (Fsp3) is 0.825. The minimum absolute atomic E-state index is 0.206. The predicted octanol–water partition coefficient (Wildman–Crippen LogP) is 10.7. The van der Waals surface area contributed by atoms with E-state index in [-0.39, 0.29) is 24.4 Å². The number of pyridine rings is 1. The lowest BCUT2D eigenvalue weighted by molar-refractivity contribution is -0.140. The highest BCUT2D eigenvalue weighted by Crippen LogP contribution is 2.27. The van der Waals surface area contributed by atoms with E-state index in [2.05, 4.69) is 24.1 Å². The summed E-state index contributed by atoms with van der Waals surface area (Å²) in [6.45, 7) is 3.85. The number of anilines is 1. The van der Waals surface area contributed by atoms with Crippen LogP contribution in [0.3, 0.4) is 0 Å². The first-order valence-corrected chi connectivity index (χ1v) is 19.6. The third-order valence-corrected chi connectivity index (χ3v) is 9.59. The molecule has 3 N–H and O–H groups in total. The molecule has 1 atom stereocenters. The Kier molecular flexibility index (Phi) is 27.0. The van der Waals surface area contributed by atoms with Gasteiger partial charge in [0, 0.05) is 30.9 Å². The maximum absolute atomic E-state index is 13.8. The number of ketones is 2. The van der Waals surface area contributed by atoms with E-state index in [0.717, 1.165) is 25.7 Å². The molecule has 0 saturated heterocycles. The van der Waals surface area contributed by atoms with E-state index >= 15 is 0 Å². The van der Waals surface area contributed by atoms with Gasteiger partial charge in [-0.05, 0) is 25.0 Å². The molecule has 1 heterocycles. The second-order valence-electron chi connectivity index (χ2n) is 13.7. The molecule has 1 aromatic heterocycles. The normalized spacial score (nSPS) is 12.3. The van der Waals surface area contributed by atoms with Crippen LogP contribution in [0.5, 0.6) is 0 Å². The van der Waals surface area contributed by atoms with E-state index < -0.39 is 18.2 Å². The number of nitrogens with one attached hydrogen (secondary N) is 1. The fourth-order valence-electron chi connectivity index (χ4n) is 6.55. The van der Waals surface area contributed by atoms with Gasteiger partial charge in [0.25, 0.3) is 0 Å². The molecule has 0 aromatic carbocycles. The van der Waals surface area contributed by atoms with Crippen LogP contribution in [0.1, 0.15) is 194 Å². The third kappa shape index (κ3) is 19.1. The number of rotatable bonds is 34. The lowest BCUT2D eigenvalue weighted by Gasteiger charge is -2.36. The van der Waals surface area contributed by atoms with E-state index in [0.29, 0.717) is 18.5 Å². The van der Waals surface area contributed by atoms with Gasteiger partial charge in [0.05, 0.1) is 6.61 Å². The molecule has 0 radical (unpaired) electrons. The Morgan fingerprint density at radius 3 is 1.20 bits per heavy atom. The van der Waals surface area contributed by atoms with Gasteiger partial charge in [-0.3, -0.25) is 14.6 Å². The molecule has 1 rings (SSSR count). The SMILES string of the molecule is CCCCCCCCCCCCCCCC(=O)C(Nc1ccncc1)(C(=O)CCCCCCCCCCCCCCC)C(O)CO. The summed E-state index contributed by atoms with van der Waals surface area (Å²) in [6, 6.07) is 3.38. The van der Waals surface area contributed by atoms with Gasteiger partial charge < -0.3 is 15.5 Å². The van der Waals surface area contributed by atoms with Crippen LogP contribution < -0.4 is 5.32 Å². The van der Waals surface area contributed by atoms with Crippen molar-refractivity contribution >= 4 is 17.3 Å². The number of carbonyl (C=O) groups is 2. The molecule has 0 aliphatic heterocycles. The van der Waals surface area contributed by atoms with E-state index in [9.17, 15) is 19.8 Å². The molecule has 1 aromatic rings. The first-order chi connectivity index (χ1) is 22.5. The van der Waals surface area contributed by atoms with Crippen molar-refractivity contribution in [3.05, 3.63) is 24.5 Å². The zero-order valence-corrected chi connectivity index (χ0v) is 30.1. The number of aromatic nitrogens is 1. The highest BCUT2D eigenvalue weighted by atomic mass is 16.3. The van der Waals surface area contributed by atoms with E-state index in [1.165, 1.54) is 128 Å². The molecule has 0 amide bonds. The molecule has 0 fully saturated rings. The van der Waals surface area contributed by atoms with Crippen molar-refractivity contribution in [1.29, 1.82) is 0 Å². The van der Waals surface area contributed by atoms with Crippen LogP contribution in [0.15, 0.2) is 24.5 Å². The average molecular weight is 645 g/mol. The van der Waals surface area contributed by atoms with Crippen molar-refractivity contribution in [3.63, 3.8) is 0 Å². The Labute approximate surface area is 283 Å². The molecule has 0 bridgehead atoms. The number of hydrogen-bond donors (Lipinski definition) is 3. The molecule has 6 nitrogen and oxygen atoms in total. The largest absolute Gasteiger partial charge is 0.394 e. The second-order valence-corrected chi connectivity index (χ2v) is 13.7. The van der Waals surface area contributed by atoms with Gasteiger partial charge in [-0.1, -0.05) is 168 Å². The summed E-state index contributed by atoms with van der Waals surface area (Å²) in [5.41, 5.74) is -1.30. The first kappa shape index (κ1) is 42.2. The van der Waals surface area contributed by atoms with E-state index in [1.807, 2.05) is 0 Å². The summed E-state index contributed by atoms with van der Waals surface area (Å²) in [5.74, 6) is -0.651. The summed E-state index contributed by atoms with van der Waals surface area (Å²) >= 11 is 0. The quantitative estimate of drug-likeness (QED) is 0.0510. The average Bonchev–Trinajstić information content (AvgIpc) is 3.07. The molecule has 1 unspecified atom stereocenters. The maximum Gasteiger partial charge on any atom is 0.183 e. The monoisotopic (exact) mass is 645 g/mol. The molecular weight excluding hydrogens is 572 g/mol. The number of Topliss-reactive ketones (excluding diaryl/α,β-unsaturated/α-hetero) is 2. The van der Waals surface area contributed by atoms with E-state index in [1.54, 1.807) is 24.5 Å². The zero-order valence-electron chi connectivity index (χ0n) is 30.1. The van der Waals surface area contributed by atoms with Crippen LogP contribution in [0.2, 0.25) is 0 Å². The van der Waals surface area contributed by atoms with Gasteiger partial charge in [0.2, 0.25) is 0 Å². The van der Waals surface area contributed by atoms with Gasteiger partial charge >= 0.3 is 0 Å². The summed E-state index contributed by atoms with van der Waals surface area (Å²) in [4.78, 5) is 31.6. The van der Waals surface area contributed by atoms with Crippen LogP contribution in [-0.4, -0.2) is 45.0 Å². The molecule has 0 saturated carbocycles. The minimum Gasteiger partial charge on any atom is -0.394 e. The van der Waals surface area contributed by atoms with Crippen molar-refractivity contribution in [2.24, 2.45) is 0 Å². The molecule has 46 heavy (non-hydrogen) atoms. The highest BCUT2D eigenvalue weighted by molar-refractivity contribution is 6.14. The number of aliphatic hydroxyl groups is 2. The van der Waals surface area contributed by atoms with Crippen LogP contribution in [-0.2, 0) is 9.59 Å². The Bertz CT molecular complexity index is 805. The summed E-state index contributed by atoms with van der Waals surface area (Å²) in [6.07, 6.45) is 33.6. The number of hydrogen-bond acceptors (Lipinski definition) is 6. The van der Waals surface area contributed by atoms with Crippen molar-refractivity contribution in [2.75, 3.05) is 11.9 Å². The van der Waals surface area contributed by atoms with Crippen LogP contribution in [0.25, 0.3) is 0 Å². The summed E-state index contributed by atoms with van der Waals surface area (Å²) < 4.78 is 0. The molecule has 0 aliphatic carbocycles. The molecule has 0 aliphatic rings. The van der Waals surface area contributed by atoms with Crippen molar-refractivity contribution in [2.45, 2.75) is 205 Å².